The lowest BCUT2D eigenvalue weighted by Gasteiger charge is -2.57. The Morgan fingerprint density at radius 1 is 0.953 bits per heavy atom. The fourth-order valence-electron chi connectivity index (χ4n) is 6.34. The van der Waals surface area contributed by atoms with Crippen molar-refractivity contribution in [2.24, 2.45) is 5.73 Å². The van der Waals surface area contributed by atoms with Crippen LogP contribution in [0, 0.1) is 0 Å². The molecule has 5 amide bonds. The van der Waals surface area contributed by atoms with Crippen LogP contribution in [0.3, 0.4) is 0 Å². The molecule has 43 heavy (non-hydrogen) atoms. The number of nitrogens with two attached hydrogens (primary N) is 1. The monoisotopic (exact) mass is 579 g/mol. The van der Waals surface area contributed by atoms with Crippen molar-refractivity contribution < 1.29 is 19.2 Å². The maximum atomic E-state index is 14.0. The Hall–Kier alpha value is -5.03. The van der Waals surface area contributed by atoms with Crippen molar-refractivity contribution in [1.29, 1.82) is 0 Å². The van der Waals surface area contributed by atoms with Crippen molar-refractivity contribution in [3.05, 3.63) is 90.1 Å². The topological polar surface area (TPSA) is 132 Å². The first-order chi connectivity index (χ1) is 20.7. The summed E-state index contributed by atoms with van der Waals surface area (Å²) in [5, 5.41) is 9.08. The van der Waals surface area contributed by atoms with Gasteiger partial charge in [0.1, 0.15) is 12.2 Å². The molecule has 0 saturated carbocycles. The van der Waals surface area contributed by atoms with Gasteiger partial charge in [-0.05, 0) is 34.9 Å². The van der Waals surface area contributed by atoms with E-state index < -0.39 is 36.1 Å². The van der Waals surface area contributed by atoms with Gasteiger partial charge >= 0.3 is 6.03 Å². The fourth-order valence-corrected chi connectivity index (χ4v) is 6.34. The third-order valence-electron chi connectivity index (χ3n) is 8.35. The van der Waals surface area contributed by atoms with E-state index in [1.165, 1.54) is 9.91 Å². The summed E-state index contributed by atoms with van der Waals surface area (Å²) < 4.78 is 0. The summed E-state index contributed by atoms with van der Waals surface area (Å²) in [6, 6.07) is 21.2. The first-order valence-corrected chi connectivity index (χ1v) is 14.2. The Morgan fingerprint density at radius 3 is 2.44 bits per heavy atom. The third kappa shape index (κ3) is 5.12. The minimum Gasteiger partial charge on any atom is -0.370 e. The van der Waals surface area contributed by atoms with Crippen LogP contribution in [0.25, 0.3) is 21.7 Å². The Balaban J connectivity index is 1.34. The minimum absolute atomic E-state index is 0.138. The number of amides is 5. The summed E-state index contributed by atoms with van der Waals surface area (Å²) in [7, 11) is 1.66. The van der Waals surface area contributed by atoms with Crippen molar-refractivity contribution in [3.63, 3.8) is 0 Å². The number of nitrogens with zero attached hydrogens (tertiary/aromatic N) is 5. The summed E-state index contributed by atoms with van der Waals surface area (Å²) in [6.07, 6.45) is 0.471. The van der Waals surface area contributed by atoms with E-state index in [2.05, 4.69) is 10.3 Å². The average molecular weight is 580 g/mol. The van der Waals surface area contributed by atoms with Gasteiger partial charge in [-0.1, -0.05) is 66.7 Å². The van der Waals surface area contributed by atoms with Gasteiger partial charge in [0.05, 0.1) is 24.5 Å². The second kappa shape index (κ2) is 11.3. The van der Waals surface area contributed by atoms with Gasteiger partial charge in [0.2, 0.25) is 17.7 Å². The predicted octanol–water partition coefficient (Wildman–Crippen LogP) is 2.59. The maximum Gasteiger partial charge on any atom is 0.334 e. The predicted molar refractivity (Wildman–Crippen MR) is 161 cm³/mol. The quantitative estimate of drug-likeness (QED) is 0.361. The number of likely N-dealkylation sites (N-methyl/N-ethyl adjacent to an activating group) is 1. The number of carbonyl (C=O) groups is 4. The van der Waals surface area contributed by atoms with E-state index in [9.17, 15) is 19.2 Å². The number of piperazine rings is 1. The number of fused-ring (bicyclic) bond motifs is 3. The van der Waals surface area contributed by atoms with Gasteiger partial charge in [-0.25, -0.2) is 14.8 Å². The lowest BCUT2D eigenvalue weighted by molar-refractivity contribution is -0.196. The van der Waals surface area contributed by atoms with Crippen LogP contribution in [-0.2, 0) is 27.5 Å². The summed E-state index contributed by atoms with van der Waals surface area (Å²) in [4.78, 5) is 61.0. The molecule has 220 valence electrons. The van der Waals surface area contributed by atoms with Crippen LogP contribution >= 0.6 is 0 Å². The normalized spacial score (nSPS) is 20.9. The molecule has 2 aliphatic heterocycles. The molecule has 2 aliphatic rings. The average Bonchev–Trinajstić information content (AvgIpc) is 3.00. The van der Waals surface area contributed by atoms with E-state index in [0.29, 0.717) is 0 Å². The number of rotatable bonds is 6. The van der Waals surface area contributed by atoms with Crippen LogP contribution in [0.4, 0.5) is 4.79 Å². The molecule has 0 radical (unpaired) electrons. The summed E-state index contributed by atoms with van der Waals surface area (Å²) in [5.41, 5.74) is 8.09. The van der Waals surface area contributed by atoms with Crippen LogP contribution < -0.4 is 11.1 Å². The molecule has 0 spiro atoms. The largest absolute Gasteiger partial charge is 0.370 e. The van der Waals surface area contributed by atoms with Gasteiger partial charge in [-0.2, -0.15) is 0 Å². The highest BCUT2D eigenvalue weighted by molar-refractivity contribution is 5.95. The molecule has 6 rings (SSSR count). The third-order valence-corrected chi connectivity index (χ3v) is 8.35. The molecule has 0 aliphatic carbocycles. The molecule has 11 nitrogen and oxygen atoms in total. The molecule has 4 aromatic rings. The zero-order valence-corrected chi connectivity index (χ0v) is 24.0. The van der Waals surface area contributed by atoms with Crippen molar-refractivity contribution in [2.75, 3.05) is 13.6 Å². The highest BCUT2D eigenvalue weighted by Crippen LogP contribution is 2.33. The van der Waals surface area contributed by atoms with E-state index in [4.69, 9.17) is 5.73 Å². The van der Waals surface area contributed by atoms with E-state index in [1.807, 2.05) is 79.7 Å². The second-order valence-corrected chi connectivity index (χ2v) is 11.1. The molecule has 2 fully saturated rings. The number of primary amides is 1. The highest BCUT2D eigenvalue weighted by atomic mass is 16.2. The Labute approximate surface area is 248 Å². The number of para-hydroxylation sites is 1. The minimum atomic E-state index is -1.14. The van der Waals surface area contributed by atoms with Gasteiger partial charge in [0.15, 0.2) is 0 Å². The molecule has 0 unspecified atom stereocenters. The highest BCUT2D eigenvalue weighted by Gasteiger charge is 2.54. The lowest BCUT2D eigenvalue weighted by Crippen LogP contribution is -2.78. The molecule has 3 aromatic carbocycles. The van der Waals surface area contributed by atoms with Crippen LogP contribution in [0.5, 0.6) is 0 Å². The molecular formula is C32H33N7O4. The number of urea groups is 1. The molecule has 0 bridgehead atoms. The summed E-state index contributed by atoms with van der Waals surface area (Å²) in [5.74, 6) is -1.47. The van der Waals surface area contributed by atoms with Crippen LogP contribution in [0.1, 0.15) is 24.5 Å². The van der Waals surface area contributed by atoms with Gasteiger partial charge in [0.25, 0.3) is 0 Å². The van der Waals surface area contributed by atoms with Crippen LogP contribution in [0.15, 0.2) is 79.0 Å². The number of pyridine rings is 1. The molecule has 2 saturated heterocycles. The Morgan fingerprint density at radius 2 is 1.65 bits per heavy atom. The standard InChI is InChI=1S/C32H33N7O4/c1-20-30-38(26(16-27(33)40)31(42)37(20)18-24-12-6-10-22-13-7-15-34-29(22)24)28(41)19-36(2)39(30)32(43)35-17-23-11-5-9-21-8-3-4-14-25(21)23/h3-15,20,26,30H,16-19H2,1-2H3,(H2,33,40)(H,35,43)/t20-,26-,30-/m0/s1. The van der Waals surface area contributed by atoms with E-state index in [0.717, 1.165) is 32.8 Å². The van der Waals surface area contributed by atoms with Crippen molar-refractivity contribution in [1.82, 2.24) is 30.1 Å². The molecule has 11 heteroatoms. The first kappa shape index (κ1) is 28.1. The Kier molecular flexibility index (Phi) is 7.41. The van der Waals surface area contributed by atoms with Gasteiger partial charge in [0, 0.05) is 31.7 Å². The first-order valence-electron chi connectivity index (χ1n) is 14.2. The lowest BCUT2D eigenvalue weighted by atomic mass is 9.97. The zero-order valence-electron chi connectivity index (χ0n) is 24.0. The number of carbonyl (C=O) groups excluding carboxylic acids is 4. The zero-order chi connectivity index (χ0) is 30.2. The summed E-state index contributed by atoms with van der Waals surface area (Å²) >= 11 is 0. The smallest absolute Gasteiger partial charge is 0.334 e. The van der Waals surface area contributed by atoms with Crippen molar-refractivity contribution >= 4 is 45.4 Å². The van der Waals surface area contributed by atoms with Crippen LogP contribution in [-0.4, -0.2) is 80.4 Å². The van der Waals surface area contributed by atoms with Crippen molar-refractivity contribution in [2.45, 2.75) is 44.7 Å². The number of aromatic nitrogens is 1. The molecule has 3 atom stereocenters. The molecule has 3 heterocycles. The van der Waals surface area contributed by atoms with E-state index in [1.54, 1.807) is 23.2 Å². The molecule has 1 aromatic heterocycles. The number of benzene rings is 3. The van der Waals surface area contributed by atoms with Crippen molar-refractivity contribution in [3.8, 4) is 0 Å². The molecule has 3 N–H and O–H groups in total. The number of nitrogens with one attached hydrogen (secondary N) is 1. The van der Waals surface area contributed by atoms with E-state index in [-0.39, 0.29) is 32.0 Å². The van der Waals surface area contributed by atoms with Gasteiger partial charge in [-0.3, -0.25) is 19.4 Å². The van der Waals surface area contributed by atoms with Crippen LogP contribution in [0.2, 0.25) is 0 Å². The fraction of sp³-hybridized carbons (Fsp3) is 0.281. The number of hydrogen-bond donors (Lipinski definition) is 2. The van der Waals surface area contributed by atoms with Gasteiger partial charge < -0.3 is 20.9 Å². The summed E-state index contributed by atoms with van der Waals surface area (Å²) in [6.45, 7) is 2.11. The molecular weight excluding hydrogens is 546 g/mol. The van der Waals surface area contributed by atoms with Gasteiger partial charge in [-0.15, -0.1) is 0 Å². The number of hydrazine groups is 1. The Bertz CT molecular complexity index is 1730. The number of hydrogen-bond acceptors (Lipinski definition) is 6. The maximum absolute atomic E-state index is 14.0. The van der Waals surface area contributed by atoms with E-state index >= 15 is 0 Å². The second-order valence-electron chi connectivity index (χ2n) is 11.1. The SMILES string of the molecule is C[C@H]1[C@H]2N(C(=O)CN(C)N2C(=O)NCc2cccc3ccccc23)[C@@H](CC(N)=O)C(=O)N1Cc1cccc2cccnc12.